The van der Waals surface area contributed by atoms with E-state index in [2.05, 4.69) is 10.1 Å². The largest absolute Gasteiger partial charge is 0.508 e. The Bertz CT molecular complexity index is 656. The van der Waals surface area contributed by atoms with Crippen molar-refractivity contribution >= 4 is 23.3 Å². The summed E-state index contributed by atoms with van der Waals surface area (Å²) in [5.74, 6) is -1.06. The Morgan fingerprint density at radius 1 is 1.38 bits per heavy atom. The maximum atomic E-state index is 13.3. The molecule has 21 heavy (non-hydrogen) atoms. The van der Waals surface area contributed by atoms with Crippen molar-refractivity contribution in [2.45, 2.75) is 6.54 Å². The van der Waals surface area contributed by atoms with Crippen molar-refractivity contribution in [3.63, 3.8) is 0 Å². The highest BCUT2D eigenvalue weighted by molar-refractivity contribution is 6.31. The highest BCUT2D eigenvalue weighted by atomic mass is 35.5. The summed E-state index contributed by atoms with van der Waals surface area (Å²) in [6.45, 7) is 0.138. The number of ether oxygens (including phenoxy) is 1. The summed E-state index contributed by atoms with van der Waals surface area (Å²) >= 11 is 5.99. The quantitative estimate of drug-likeness (QED) is 0.848. The minimum atomic E-state index is -0.583. The van der Waals surface area contributed by atoms with Gasteiger partial charge in [0.2, 0.25) is 0 Å². The van der Waals surface area contributed by atoms with Crippen molar-refractivity contribution in [1.82, 2.24) is 0 Å². The van der Waals surface area contributed by atoms with Gasteiger partial charge in [-0.2, -0.15) is 0 Å². The monoisotopic (exact) mass is 309 g/mol. The molecule has 0 fully saturated rings. The molecular weight excluding hydrogens is 297 g/mol. The van der Waals surface area contributed by atoms with Crippen LogP contribution in [0.5, 0.6) is 5.75 Å². The lowest BCUT2D eigenvalue weighted by molar-refractivity contribution is 0.0602. The fourth-order valence-corrected chi connectivity index (χ4v) is 2.09. The van der Waals surface area contributed by atoms with Gasteiger partial charge in [-0.05, 0) is 30.3 Å². The van der Waals surface area contributed by atoms with Crippen LogP contribution in [-0.2, 0) is 11.3 Å². The van der Waals surface area contributed by atoms with Gasteiger partial charge in [0, 0.05) is 17.1 Å². The lowest BCUT2D eigenvalue weighted by Gasteiger charge is -2.12. The number of esters is 1. The lowest BCUT2D eigenvalue weighted by Crippen LogP contribution is -2.09. The third-order valence-corrected chi connectivity index (χ3v) is 3.29. The summed E-state index contributed by atoms with van der Waals surface area (Å²) in [6, 6.07) is 8.42. The van der Waals surface area contributed by atoms with Gasteiger partial charge < -0.3 is 15.2 Å². The van der Waals surface area contributed by atoms with E-state index in [4.69, 9.17) is 11.6 Å². The average Bonchev–Trinajstić information content (AvgIpc) is 2.46. The molecule has 0 aliphatic rings. The number of carbonyl (C=O) groups is 1. The Morgan fingerprint density at radius 3 is 2.81 bits per heavy atom. The van der Waals surface area contributed by atoms with Crippen molar-refractivity contribution in [2.75, 3.05) is 12.4 Å². The molecule has 2 rings (SSSR count). The minimum Gasteiger partial charge on any atom is -0.508 e. The average molecular weight is 310 g/mol. The first kappa shape index (κ1) is 15.1. The van der Waals surface area contributed by atoms with Crippen molar-refractivity contribution in [2.24, 2.45) is 0 Å². The highest BCUT2D eigenvalue weighted by Crippen LogP contribution is 2.27. The molecule has 2 aromatic rings. The van der Waals surface area contributed by atoms with Crippen molar-refractivity contribution < 1.29 is 19.0 Å². The summed E-state index contributed by atoms with van der Waals surface area (Å²) in [5, 5.41) is 13.0. The lowest BCUT2D eigenvalue weighted by atomic mass is 10.1. The van der Waals surface area contributed by atoms with Gasteiger partial charge in [0.25, 0.3) is 0 Å². The SMILES string of the molecule is COC(=O)c1ccc(F)cc1NCc1c(O)cccc1Cl. The number of phenolic OH excluding ortho intramolecular Hbond substituents is 1. The fourth-order valence-electron chi connectivity index (χ4n) is 1.86. The smallest absolute Gasteiger partial charge is 0.339 e. The molecule has 0 aliphatic heterocycles. The Labute approximate surface area is 126 Å². The van der Waals surface area contributed by atoms with Crippen LogP contribution in [0.3, 0.4) is 0 Å². The van der Waals surface area contributed by atoms with E-state index in [-0.39, 0.29) is 23.5 Å². The van der Waals surface area contributed by atoms with Gasteiger partial charge in [-0.3, -0.25) is 0 Å². The van der Waals surface area contributed by atoms with Crippen LogP contribution < -0.4 is 5.32 Å². The highest BCUT2D eigenvalue weighted by Gasteiger charge is 2.14. The van der Waals surface area contributed by atoms with Gasteiger partial charge in [-0.25, -0.2) is 9.18 Å². The predicted molar refractivity (Wildman–Crippen MR) is 78.2 cm³/mol. The molecule has 0 bridgehead atoms. The van der Waals surface area contributed by atoms with E-state index in [1.807, 2.05) is 0 Å². The second-order valence-electron chi connectivity index (χ2n) is 4.27. The number of anilines is 1. The summed E-state index contributed by atoms with van der Waals surface area (Å²) in [5.41, 5.74) is 0.922. The number of halogens is 2. The molecule has 0 saturated heterocycles. The van der Waals surface area contributed by atoms with E-state index in [9.17, 15) is 14.3 Å². The van der Waals surface area contributed by atoms with Crippen LogP contribution in [0.4, 0.5) is 10.1 Å². The standard InChI is InChI=1S/C15H13ClFNO3/c1-21-15(20)10-6-5-9(17)7-13(10)18-8-11-12(16)3-2-4-14(11)19/h2-7,18-19H,8H2,1H3. The summed E-state index contributed by atoms with van der Waals surface area (Å²) in [6.07, 6.45) is 0. The second-order valence-corrected chi connectivity index (χ2v) is 4.68. The number of nitrogens with one attached hydrogen (secondary N) is 1. The maximum absolute atomic E-state index is 13.3. The van der Waals surface area contributed by atoms with E-state index >= 15 is 0 Å². The third-order valence-electron chi connectivity index (χ3n) is 2.94. The topological polar surface area (TPSA) is 58.6 Å². The van der Waals surface area contributed by atoms with Crippen LogP contribution in [0.1, 0.15) is 15.9 Å². The van der Waals surface area contributed by atoms with E-state index in [1.165, 1.54) is 31.4 Å². The van der Waals surface area contributed by atoms with Gasteiger partial charge >= 0.3 is 5.97 Å². The molecule has 110 valence electrons. The van der Waals surface area contributed by atoms with E-state index in [0.29, 0.717) is 10.6 Å². The first-order chi connectivity index (χ1) is 10.0. The second kappa shape index (κ2) is 6.45. The number of benzene rings is 2. The minimum absolute atomic E-state index is 0.0195. The van der Waals surface area contributed by atoms with Crippen LogP contribution in [-0.4, -0.2) is 18.2 Å². The molecule has 0 amide bonds. The predicted octanol–water partition coefficient (Wildman–Crippen LogP) is 3.58. The van der Waals surface area contributed by atoms with Crippen LogP contribution in [0.15, 0.2) is 36.4 Å². The van der Waals surface area contributed by atoms with E-state index in [1.54, 1.807) is 12.1 Å². The van der Waals surface area contributed by atoms with Gasteiger partial charge in [-0.1, -0.05) is 17.7 Å². The zero-order valence-corrected chi connectivity index (χ0v) is 11.9. The van der Waals surface area contributed by atoms with Crippen molar-refractivity contribution in [3.8, 4) is 5.75 Å². The molecule has 2 N–H and O–H groups in total. The molecule has 0 heterocycles. The van der Waals surface area contributed by atoms with Gasteiger partial charge in [0.15, 0.2) is 0 Å². The Morgan fingerprint density at radius 2 is 2.14 bits per heavy atom. The van der Waals surface area contributed by atoms with Gasteiger partial charge in [0.1, 0.15) is 11.6 Å². The third kappa shape index (κ3) is 3.44. The first-order valence-electron chi connectivity index (χ1n) is 6.11. The molecule has 0 spiro atoms. The Kier molecular flexibility index (Phi) is 4.65. The molecule has 0 atom stereocenters. The molecule has 0 aliphatic carbocycles. The van der Waals surface area contributed by atoms with Crippen LogP contribution in [0.25, 0.3) is 0 Å². The molecule has 0 aromatic heterocycles. The molecular formula is C15H13ClFNO3. The van der Waals surface area contributed by atoms with Gasteiger partial charge in [0.05, 0.1) is 18.4 Å². The molecule has 0 unspecified atom stereocenters. The molecule has 0 saturated carbocycles. The number of rotatable bonds is 4. The first-order valence-corrected chi connectivity index (χ1v) is 6.49. The zero-order chi connectivity index (χ0) is 15.4. The summed E-state index contributed by atoms with van der Waals surface area (Å²) in [7, 11) is 1.25. The van der Waals surface area contributed by atoms with Crippen LogP contribution >= 0.6 is 11.6 Å². The van der Waals surface area contributed by atoms with Crippen molar-refractivity contribution in [1.29, 1.82) is 0 Å². The molecule has 4 nitrogen and oxygen atoms in total. The van der Waals surface area contributed by atoms with Crippen LogP contribution in [0, 0.1) is 5.82 Å². The molecule has 6 heteroatoms. The van der Waals surface area contributed by atoms with Crippen LogP contribution in [0.2, 0.25) is 5.02 Å². The van der Waals surface area contributed by atoms with E-state index < -0.39 is 11.8 Å². The molecule has 2 aromatic carbocycles. The number of carbonyl (C=O) groups excluding carboxylic acids is 1. The normalized spacial score (nSPS) is 10.2. The number of aromatic hydroxyl groups is 1. The number of phenols is 1. The molecule has 0 radical (unpaired) electrons. The summed E-state index contributed by atoms with van der Waals surface area (Å²) < 4.78 is 18.0. The Balaban J connectivity index is 2.27. The van der Waals surface area contributed by atoms with Gasteiger partial charge in [-0.15, -0.1) is 0 Å². The maximum Gasteiger partial charge on any atom is 0.339 e. The number of hydrogen-bond donors (Lipinski definition) is 2. The Hall–Kier alpha value is -2.27. The number of hydrogen-bond acceptors (Lipinski definition) is 4. The number of methoxy groups -OCH3 is 1. The fraction of sp³-hybridized carbons (Fsp3) is 0.133. The van der Waals surface area contributed by atoms with E-state index in [0.717, 1.165) is 0 Å². The zero-order valence-electron chi connectivity index (χ0n) is 11.2. The summed E-state index contributed by atoms with van der Waals surface area (Å²) in [4.78, 5) is 11.6. The van der Waals surface area contributed by atoms with Crippen molar-refractivity contribution in [3.05, 3.63) is 58.4 Å².